The number of nitrogens with zero attached hydrogens (tertiary/aromatic N) is 2. The van der Waals surface area contributed by atoms with Crippen LogP contribution in [0, 0.1) is 0 Å². The molecule has 0 saturated heterocycles. The van der Waals surface area contributed by atoms with E-state index in [-0.39, 0.29) is 38.0 Å². The summed E-state index contributed by atoms with van der Waals surface area (Å²) in [6.45, 7) is 15.9. The molecule has 0 aliphatic heterocycles. The first-order valence-electron chi connectivity index (χ1n) is 14.8. The number of hydrogen-bond acceptors (Lipinski definition) is 4. The molecule has 0 spiro atoms. The van der Waals surface area contributed by atoms with Crippen LogP contribution in [0.2, 0.25) is 0 Å². The minimum Gasteiger partial charge on any atom is -1.00 e. The summed E-state index contributed by atoms with van der Waals surface area (Å²) >= 11 is 0. The van der Waals surface area contributed by atoms with Crippen LogP contribution in [0.4, 0.5) is 0 Å². The molecular weight excluding hydrogens is 571 g/mol. The molecule has 0 amide bonds. The molecule has 0 aliphatic carbocycles. The lowest BCUT2D eigenvalue weighted by Gasteiger charge is -2.38. The first-order valence-corrected chi connectivity index (χ1v) is 14.8. The van der Waals surface area contributed by atoms with Crippen molar-refractivity contribution in [3.8, 4) is 11.5 Å². The van der Waals surface area contributed by atoms with E-state index in [1.807, 2.05) is 36.4 Å². The second-order valence-electron chi connectivity index (χ2n) is 11.0. The van der Waals surface area contributed by atoms with E-state index in [1.54, 1.807) is 0 Å². The minimum absolute atomic E-state index is 0. The number of hydrogen-bond donors (Lipinski definition) is 2. The Kier molecular flexibility index (Phi) is 17.1. The third-order valence-corrected chi connectivity index (χ3v) is 8.29. The molecule has 234 valence electrons. The summed E-state index contributed by atoms with van der Waals surface area (Å²) in [5.41, 5.74) is 2.56. The van der Waals surface area contributed by atoms with Gasteiger partial charge in [-0.25, -0.2) is 0 Å². The highest BCUT2D eigenvalue weighted by Gasteiger charge is 2.29. The number of likely N-dealkylation sites (N-methyl/N-ethyl adjacent to an activating group) is 2. The van der Waals surface area contributed by atoms with Crippen LogP contribution in [0.5, 0.6) is 11.5 Å². The molecule has 0 aromatic heterocycles. The van der Waals surface area contributed by atoms with Crippen molar-refractivity contribution in [3.63, 3.8) is 0 Å². The maximum atomic E-state index is 10.9. The standard InChI is InChI=1S/C34H50N2O4.2ClH/c1-5-35(6-2,23-29-16-11-9-12-17-29)25-31(37)27-39-33-20-15-21-34(22-33)40-28-32(38)26-36(7-3,8-4)24-30-18-13-10-14-19-30;;/h9-22,31-32,37-38H,5-8,23-28H2,1-4H3;2*1H/q+2;;/p-2. The Morgan fingerprint density at radius 1 is 0.548 bits per heavy atom. The lowest BCUT2D eigenvalue weighted by Crippen LogP contribution is -3.00. The summed E-state index contributed by atoms with van der Waals surface area (Å²) in [4.78, 5) is 0. The number of benzene rings is 3. The Bertz CT molecular complexity index is 1030. The van der Waals surface area contributed by atoms with Gasteiger partial charge >= 0.3 is 0 Å². The normalized spacial score (nSPS) is 12.9. The molecule has 2 atom stereocenters. The van der Waals surface area contributed by atoms with Gasteiger partial charge < -0.3 is 53.5 Å². The average Bonchev–Trinajstić information content (AvgIpc) is 2.99. The fourth-order valence-electron chi connectivity index (χ4n) is 5.52. The van der Waals surface area contributed by atoms with E-state index < -0.39 is 12.2 Å². The lowest BCUT2D eigenvalue weighted by molar-refractivity contribution is -0.940. The maximum Gasteiger partial charge on any atom is 0.137 e. The smallest absolute Gasteiger partial charge is 0.137 e. The van der Waals surface area contributed by atoms with Crippen molar-refractivity contribution < 1.29 is 53.5 Å². The largest absolute Gasteiger partial charge is 1.00 e. The zero-order valence-electron chi connectivity index (χ0n) is 25.7. The molecular formula is C34H50Cl2N2O4. The van der Waals surface area contributed by atoms with Crippen molar-refractivity contribution in [1.82, 2.24) is 0 Å². The van der Waals surface area contributed by atoms with E-state index in [0.717, 1.165) is 48.2 Å². The third kappa shape index (κ3) is 11.8. The van der Waals surface area contributed by atoms with Crippen molar-refractivity contribution in [2.45, 2.75) is 53.0 Å². The molecule has 2 N–H and O–H groups in total. The monoisotopic (exact) mass is 620 g/mol. The summed E-state index contributed by atoms with van der Waals surface area (Å²) in [6, 6.07) is 28.4. The van der Waals surface area contributed by atoms with Crippen LogP contribution < -0.4 is 34.3 Å². The molecule has 0 radical (unpaired) electrons. The summed E-state index contributed by atoms with van der Waals surface area (Å²) < 4.78 is 13.6. The molecule has 0 saturated carbocycles. The van der Waals surface area contributed by atoms with Gasteiger partial charge in [0.2, 0.25) is 0 Å². The molecule has 0 heterocycles. The number of aliphatic hydroxyl groups is 2. The molecule has 3 rings (SSSR count). The fourth-order valence-corrected chi connectivity index (χ4v) is 5.52. The van der Waals surface area contributed by atoms with Gasteiger partial charge in [-0.1, -0.05) is 66.7 Å². The molecule has 2 unspecified atom stereocenters. The van der Waals surface area contributed by atoms with Crippen molar-refractivity contribution in [2.24, 2.45) is 0 Å². The Morgan fingerprint density at radius 3 is 1.24 bits per heavy atom. The van der Waals surface area contributed by atoms with E-state index in [9.17, 15) is 10.2 Å². The zero-order valence-corrected chi connectivity index (χ0v) is 27.2. The van der Waals surface area contributed by atoms with Gasteiger partial charge in [0.05, 0.1) is 26.2 Å². The molecule has 8 heteroatoms. The molecule has 3 aromatic carbocycles. The quantitative estimate of drug-likeness (QED) is 0.185. The molecule has 0 aliphatic rings. The van der Waals surface area contributed by atoms with Gasteiger partial charge in [-0.05, 0) is 39.8 Å². The van der Waals surface area contributed by atoms with Crippen molar-refractivity contribution in [1.29, 1.82) is 0 Å². The van der Waals surface area contributed by atoms with E-state index >= 15 is 0 Å². The summed E-state index contributed by atoms with van der Waals surface area (Å²) in [5, 5.41) is 21.8. The number of aliphatic hydroxyl groups excluding tert-OH is 2. The van der Waals surface area contributed by atoms with Crippen LogP contribution in [-0.2, 0) is 13.1 Å². The molecule has 3 aromatic rings. The zero-order chi connectivity index (χ0) is 28.8. The third-order valence-electron chi connectivity index (χ3n) is 8.29. The van der Waals surface area contributed by atoms with Crippen molar-refractivity contribution in [2.75, 3.05) is 52.5 Å². The summed E-state index contributed by atoms with van der Waals surface area (Å²) in [6.07, 6.45) is -1.18. The predicted molar refractivity (Wildman–Crippen MR) is 162 cm³/mol. The number of ether oxygens (including phenoxy) is 2. The number of quaternary nitrogens is 2. The van der Waals surface area contributed by atoms with Gasteiger partial charge in [0, 0.05) is 17.2 Å². The van der Waals surface area contributed by atoms with Crippen LogP contribution in [0.25, 0.3) is 0 Å². The summed E-state index contributed by atoms with van der Waals surface area (Å²) in [7, 11) is 0. The van der Waals surface area contributed by atoms with Crippen LogP contribution in [0.15, 0.2) is 84.9 Å². The first-order chi connectivity index (χ1) is 19.3. The molecule has 0 fully saturated rings. The molecule has 0 bridgehead atoms. The van der Waals surface area contributed by atoms with Gasteiger partial charge in [-0.2, -0.15) is 0 Å². The first kappa shape index (κ1) is 37.7. The van der Waals surface area contributed by atoms with Crippen LogP contribution in [0.1, 0.15) is 38.8 Å². The van der Waals surface area contributed by atoms with E-state index in [2.05, 4.69) is 76.2 Å². The Balaban J connectivity index is 0.00000441. The van der Waals surface area contributed by atoms with Gasteiger partial charge in [-0.15, -0.1) is 0 Å². The van der Waals surface area contributed by atoms with Gasteiger partial charge in [-0.3, -0.25) is 0 Å². The van der Waals surface area contributed by atoms with E-state index in [0.29, 0.717) is 24.6 Å². The van der Waals surface area contributed by atoms with Gasteiger partial charge in [0.15, 0.2) is 0 Å². The predicted octanol–water partition coefficient (Wildman–Crippen LogP) is -0.712. The fraction of sp³-hybridized carbons (Fsp3) is 0.471. The SMILES string of the molecule is CC[N+](CC)(Cc1ccccc1)CC(O)COc1cccc(OCC(O)C[N+](CC)(CC)Cc2ccccc2)c1.[Cl-].[Cl-]. The van der Waals surface area contributed by atoms with Crippen molar-refractivity contribution >= 4 is 0 Å². The molecule has 6 nitrogen and oxygen atoms in total. The second kappa shape index (κ2) is 19.1. The molecule has 42 heavy (non-hydrogen) atoms. The highest BCUT2D eigenvalue weighted by atomic mass is 35.5. The van der Waals surface area contributed by atoms with Gasteiger partial charge in [0.1, 0.15) is 63.1 Å². The van der Waals surface area contributed by atoms with Crippen molar-refractivity contribution in [3.05, 3.63) is 96.1 Å². The Labute approximate surface area is 265 Å². The number of halogens is 2. The minimum atomic E-state index is -0.589. The van der Waals surface area contributed by atoms with E-state index in [1.165, 1.54) is 11.1 Å². The summed E-state index contributed by atoms with van der Waals surface area (Å²) in [5.74, 6) is 1.30. The maximum absolute atomic E-state index is 10.9. The topological polar surface area (TPSA) is 58.9 Å². The highest BCUT2D eigenvalue weighted by Crippen LogP contribution is 2.22. The van der Waals surface area contributed by atoms with E-state index in [4.69, 9.17) is 9.47 Å². The Morgan fingerprint density at radius 2 is 0.905 bits per heavy atom. The number of rotatable bonds is 18. The highest BCUT2D eigenvalue weighted by molar-refractivity contribution is 5.33. The average molecular weight is 622 g/mol. The van der Waals surface area contributed by atoms with Crippen LogP contribution in [-0.4, -0.2) is 83.9 Å². The van der Waals surface area contributed by atoms with Gasteiger partial charge in [0.25, 0.3) is 0 Å². The lowest BCUT2D eigenvalue weighted by atomic mass is 10.1. The Hall–Kier alpha value is -2.32. The second-order valence-corrected chi connectivity index (χ2v) is 11.0. The van der Waals surface area contributed by atoms with Crippen LogP contribution >= 0.6 is 0 Å². The van der Waals surface area contributed by atoms with Crippen LogP contribution in [0.3, 0.4) is 0 Å².